The first-order valence-electron chi connectivity index (χ1n) is 6.24. The topological polar surface area (TPSA) is 102 Å². The predicted octanol–water partition coefficient (Wildman–Crippen LogP) is 0.0650. The van der Waals surface area contributed by atoms with Gasteiger partial charge in [-0.1, -0.05) is 0 Å². The Balaban J connectivity index is 2.61. The highest BCUT2D eigenvalue weighted by atomic mass is 32.2. The number of anilines is 1. The Bertz CT molecular complexity index is 624. The van der Waals surface area contributed by atoms with Gasteiger partial charge in [0, 0.05) is 26.9 Å². The summed E-state index contributed by atoms with van der Waals surface area (Å²) in [6.45, 7) is -0.676. The molecule has 8 nitrogen and oxygen atoms in total. The summed E-state index contributed by atoms with van der Waals surface area (Å²) in [7, 11) is 0.685. The van der Waals surface area contributed by atoms with Crippen LogP contribution in [0, 0.1) is 0 Å². The third-order valence-electron chi connectivity index (χ3n) is 2.54. The van der Waals surface area contributed by atoms with Crippen molar-refractivity contribution < 1.29 is 27.5 Å². The van der Waals surface area contributed by atoms with E-state index in [1.54, 1.807) is 0 Å². The van der Waals surface area contributed by atoms with E-state index in [0.29, 0.717) is 5.69 Å². The molecule has 0 aliphatic heterocycles. The average Bonchev–Trinajstić information content (AvgIpc) is 2.46. The molecule has 0 saturated heterocycles. The fourth-order valence-electron chi connectivity index (χ4n) is 1.42. The fraction of sp³-hybridized carbons (Fsp3) is 0.385. The van der Waals surface area contributed by atoms with Crippen molar-refractivity contribution in [2.45, 2.75) is 4.90 Å². The summed E-state index contributed by atoms with van der Waals surface area (Å²) < 4.78 is 34.0. The molecule has 0 heterocycles. The molecule has 9 heteroatoms. The summed E-state index contributed by atoms with van der Waals surface area (Å²) >= 11 is 0. The van der Waals surface area contributed by atoms with E-state index < -0.39 is 28.5 Å². The third kappa shape index (κ3) is 5.10. The smallest absolute Gasteiger partial charge is 0.332 e. The van der Waals surface area contributed by atoms with Crippen molar-refractivity contribution in [3.63, 3.8) is 0 Å². The second-order valence-corrected chi connectivity index (χ2v) is 6.61. The fourth-order valence-corrected chi connectivity index (χ4v) is 2.33. The molecule has 0 unspecified atom stereocenters. The molecule has 0 saturated carbocycles. The van der Waals surface area contributed by atoms with Gasteiger partial charge in [0.15, 0.2) is 6.61 Å². The van der Waals surface area contributed by atoms with E-state index in [9.17, 15) is 18.0 Å². The average molecular weight is 330 g/mol. The summed E-state index contributed by atoms with van der Waals surface area (Å²) in [5.74, 6) is -1.18. The second-order valence-electron chi connectivity index (χ2n) is 4.45. The van der Waals surface area contributed by atoms with Crippen LogP contribution in [0.1, 0.15) is 0 Å². The van der Waals surface area contributed by atoms with E-state index in [2.05, 4.69) is 14.8 Å². The molecule has 1 N–H and O–H groups in total. The number of nitrogens with one attached hydrogen (secondary N) is 1. The molecule has 0 radical (unpaired) electrons. The van der Waals surface area contributed by atoms with Gasteiger partial charge < -0.3 is 14.8 Å². The number of carbonyl (C=O) groups is 2. The molecule has 1 aromatic carbocycles. The number of hydrogen-bond donors (Lipinski definition) is 1. The maximum atomic E-state index is 11.9. The van der Waals surface area contributed by atoms with Crippen LogP contribution in [0.5, 0.6) is 0 Å². The standard InChI is InChI=1S/C13H18N2O6S/c1-15(2)22(18,19)11-6-4-10(5-7-11)14-12(16)8-21-13(17)9-20-3/h4-7H,8-9H2,1-3H3,(H,14,16). The highest BCUT2D eigenvalue weighted by Gasteiger charge is 2.16. The van der Waals surface area contributed by atoms with Crippen LogP contribution in [-0.2, 0) is 29.1 Å². The van der Waals surface area contributed by atoms with E-state index in [1.165, 1.54) is 45.5 Å². The molecular formula is C13H18N2O6S. The van der Waals surface area contributed by atoms with Gasteiger partial charge in [-0.2, -0.15) is 0 Å². The zero-order valence-corrected chi connectivity index (χ0v) is 13.3. The zero-order chi connectivity index (χ0) is 16.8. The highest BCUT2D eigenvalue weighted by molar-refractivity contribution is 7.89. The highest BCUT2D eigenvalue weighted by Crippen LogP contribution is 2.16. The van der Waals surface area contributed by atoms with Gasteiger partial charge in [-0.15, -0.1) is 0 Å². The Morgan fingerprint density at radius 1 is 1.14 bits per heavy atom. The second kappa shape index (κ2) is 7.87. The van der Waals surface area contributed by atoms with E-state index in [1.807, 2.05) is 0 Å². The van der Waals surface area contributed by atoms with Gasteiger partial charge in [0.1, 0.15) is 6.61 Å². The van der Waals surface area contributed by atoms with Gasteiger partial charge in [0.2, 0.25) is 10.0 Å². The Hall–Kier alpha value is -1.97. The summed E-state index contributed by atoms with van der Waals surface area (Å²) in [4.78, 5) is 22.7. The number of esters is 1. The Morgan fingerprint density at radius 2 is 1.73 bits per heavy atom. The number of rotatable bonds is 7. The van der Waals surface area contributed by atoms with Gasteiger partial charge in [0.25, 0.3) is 5.91 Å². The van der Waals surface area contributed by atoms with Crippen LogP contribution in [0.25, 0.3) is 0 Å². The minimum Gasteiger partial charge on any atom is -0.454 e. The molecule has 0 atom stereocenters. The Morgan fingerprint density at radius 3 is 2.23 bits per heavy atom. The maximum absolute atomic E-state index is 11.9. The van der Waals surface area contributed by atoms with Crippen LogP contribution in [0.2, 0.25) is 0 Å². The summed E-state index contributed by atoms with van der Waals surface area (Å²) in [6, 6.07) is 5.65. The molecule has 1 amide bonds. The van der Waals surface area contributed by atoms with Gasteiger partial charge in [-0.05, 0) is 24.3 Å². The lowest BCUT2D eigenvalue weighted by Gasteiger charge is -2.12. The molecule has 0 aliphatic carbocycles. The van der Waals surface area contributed by atoms with Crippen molar-refractivity contribution in [2.75, 3.05) is 39.7 Å². The van der Waals surface area contributed by atoms with Gasteiger partial charge in [0.05, 0.1) is 4.90 Å². The molecule has 0 aliphatic rings. The molecule has 1 aromatic rings. The number of methoxy groups -OCH3 is 1. The molecule has 0 fully saturated rings. The first kappa shape index (κ1) is 18.1. The first-order valence-corrected chi connectivity index (χ1v) is 7.68. The molecule has 122 valence electrons. The molecule has 0 aromatic heterocycles. The van der Waals surface area contributed by atoms with Crippen LogP contribution < -0.4 is 5.32 Å². The van der Waals surface area contributed by atoms with Crippen LogP contribution >= 0.6 is 0 Å². The predicted molar refractivity (Wildman–Crippen MR) is 78.8 cm³/mol. The van der Waals surface area contributed by atoms with E-state index in [4.69, 9.17) is 0 Å². The van der Waals surface area contributed by atoms with E-state index >= 15 is 0 Å². The molecule has 0 spiro atoms. The van der Waals surface area contributed by atoms with Crippen molar-refractivity contribution in [1.29, 1.82) is 0 Å². The minimum absolute atomic E-state index is 0.113. The third-order valence-corrected chi connectivity index (χ3v) is 4.37. The van der Waals surface area contributed by atoms with E-state index in [-0.39, 0.29) is 11.5 Å². The van der Waals surface area contributed by atoms with Crippen LogP contribution in [-0.4, -0.2) is 59.0 Å². The van der Waals surface area contributed by atoms with Crippen molar-refractivity contribution in [3.8, 4) is 0 Å². The SMILES string of the molecule is COCC(=O)OCC(=O)Nc1ccc(S(=O)(=O)N(C)C)cc1. The minimum atomic E-state index is -3.51. The summed E-state index contributed by atoms with van der Waals surface area (Å²) in [6.07, 6.45) is 0. The quantitative estimate of drug-likeness (QED) is 0.710. The maximum Gasteiger partial charge on any atom is 0.332 e. The number of benzene rings is 1. The summed E-state index contributed by atoms with van der Waals surface area (Å²) in [5.41, 5.74) is 0.394. The molecular weight excluding hydrogens is 312 g/mol. The normalized spacial score (nSPS) is 11.3. The van der Waals surface area contributed by atoms with Crippen molar-refractivity contribution in [1.82, 2.24) is 4.31 Å². The van der Waals surface area contributed by atoms with Crippen LogP contribution in [0.3, 0.4) is 0 Å². The Kier molecular flexibility index (Phi) is 6.47. The number of sulfonamides is 1. The Labute approximate surface area is 129 Å². The largest absolute Gasteiger partial charge is 0.454 e. The molecule has 1 rings (SSSR count). The van der Waals surface area contributed by atoms with Crippen LogP contribution in [0.15, 0.2) is 29.2 Å². The first-order chi connectivity index (χ1) is 10.3. The molecule has 22 heavy (non-hydrogen) atoms. The number of ether oxygens (including phenoxy) is 2. The van der Waals surface area contributed by atoms with E-state index in [0.717, 1.165) is 4.31 Å². The van der Waals surface area contributed by atoms with Crippen molar-refractivity contribution >= 4 is 27.6 Å². The van der Waals surface area contributed by atoms with Crippen molar-refractivity contribution in [3.05, 3.63) is 24.3 Å². The number of amides is 1. The monoisotopic (exact) mass is 330 g/mol. The van der Waals surface area contributed by atoms with Gasteiger partial charge in [-0.3, -0.25) is 4.79 Å². The summed E-state index contributed by atoms with van der Waals surface area (Å²) in [5, 5.41) is 2.48. The molecule has 0 bridgehead atoms. The van der Waals surface area contributed by atoms with Gasteiger partial charge in [-0.25, -0.2) is 17.5 Å². The zero-order valence-electron chi connectivity index (χ0n) is 12.5. The van der Waals surface area contributed by atoms with Gasteiger partial charge >= 0.3 is 5.97 Å². The number of carbonyl (C=O) groups excluding carboxylic acids is 2. The number of hydrogen-bond acceptors (Lipinski definition) is 6. The van der Waals surface area contributed by atoms with Crippen molar-refractivity contribution in [2.24, 2.45) is 0 Å². The number of nitrogens with zero attached hydrogens (tertiary/aromatic N) is 1. The van der Waals surface area contributed by atoms with Crippen LogP contribution in [0.4, 0.5) is 5.69 Å². The lowest BCUT2D eigenvalue weighted by molar-refractivity contribution is -0.150. The lowest BCUT2D eigenvalue weighted by atomic mass is 10.3. The lowest BCUT2D eigenvalue weighted by Crippen LogP contribution is -2.23.